The van der Waals surface area contributed by atoms with E-state index in [1.54, 1.807) is 0 Å². The third-order valence-electron chi connectivity index (χ3n) is 4.16. The van der Waals surface area contributed by atoms with Gasteiger partial charge in [-0.2, -0.15) is 0 Å². The van der Waals surface area contributed by atoms with Crippen molar-refractivity contribution in [1.29, 1.82) is 0 Å². The Bertz CT molecular complexity index is 612. The summed E-state index contributed by atoms with van der Waals surface area (Å²) >= 11 is 0. The lowest BCUT2D eigenvalue weighted by atomic mass is 9.79. The Morgan fingerprint density at radius 2 is 1.84 bits per heavy atom. The predicted octanol–water partition coefficient (Wildman–Crippen LogP) is 3.14. The lowest BCUT2D eigenvalue weighted by Crippen LogP contribution is -2.45. The predicted molar refractivity (Wildman–Crippen MR) is 76.5 cm³/mol. The molecule has 2 aromatic rings. The minimum absolute atomic E-state index is 0.164. The van der Waals surface area contributed by atoms with E-state index in [1.165, 1.54) is 16.5 Å². The summed E-state index contributed by atoms with van der Waals surface area (Å²) in [6.07, 6.45) is 1.49. The van der Waals surface area contributed by atoms with Crippen molar-refractivity contribution in [2.75, 3.05) is 11.9 Å². The number of hydrogen-bond acceptors (Lipinski definition) is 2. The summed E-state index contributed by atoms with van der Waals surface area (Å²) in [4.78, 5) is 13.1. The van der Waals surface area contributed by atoms with Crippen LogP contribution < -0.4 is 4.90 Å². The summed E-state index contributed by atoms with van der Waals surface area (Å²) in [5, 5.41) is 11.4. The van der Waals surface area contributed by atoms with E-state index < -0.39 is 5.97 Å². The monoisotopic (exact) mass is 255 g/mol. The lowest BCUT2D eigenvalue weighted by Gasteiger charge is -2.40. The number of anilines is 1. The van der Waals surface area contributed by atoms with Crippen molar-refractivity contribution in [3.05, 3.63) is 42.5 Å². The average molecular weight is 255 g/mol. The number of nitrogens with zero attached hydrogens (tertiary/aromatic N) is 1. The van der Waals surface area contributed by atoms with E-state index in [9.17, 15) is 4.79 Å². The SMILES string of the molecule is CN(c1cccc2ccccc12)C1CC(C(=O)O)C1. The Balaban J connectivity index is 1.87. The van der Waals surface area contributed by atoms with Crippen molar-refractivity contribution in [3.63, 3.8) is 0 Å². The number of benzene rings is 2. The Morgan fingerprint density at radius 3 is 2.58 bits per heavy atom. The second-order valence-corrected chi connectivity index (χ2v) is 5.27. The normalized spacial score (nSPS) is 21.9. The van der Waals surface area contributed by atoms with Crippen LogP contribution in [0.2, 0.25) is 0 Å². The van der Waals surface area contributed by atoms with Gasteiger partial charge in [-0.15, -0.1) is 0 Å². The number of aliphatic carboxylic acids is 1. The zero-order valence-electron chi connectivity index (χ0n) is 10.9. The molecular weight excluding hydrogens is 238 g/mol. The van der Waals surface area contributed by atoms with Crippen LogP contribution in [0.5, 0.6) is 0 Å². The third kappa shape index (κ3) is 2.05. The maximum atomic E-state index is 10.9. The molecule has 98 valence electrons. The van der Waals surface area contributed by atoms with Crippen molar-refractivity contribution in [3.8, 4) is 0 Å². The Morgan fingerprint density at radius 1 is 1.16 bits per heavy atom. The highest BCUT2D eigenvalue weighted by Gasteiger charge is 2.37. The lowest BCUT2D eigenvalue weighted by molar-refractivity contribution is -0.145. The van der Waals surface area contributed by atoms with Gasteiger partial charge in [0.1, 0.15) is 0 Å². The van der Waals surface area contributed by atoms with E-state index in [-0.39, 0.29) is 5.92 Å². The van der Waals surface area contributed by atoms with Crippen LogP contribution in [0.1, 0.15) is 12.8 Å². The Kier molecular flexibility index (Phi) is 2.90. The molecule has 2 aromatic carbocycles. The maximum Gasteiger partial charge on any atom is 0.306 e. The first-order valence-corrected chi connectivity index (χ1v) is 6.60. The number of hydrogen-bond donors (Lipinski definition) is 1. The quantitative estimate of drug-likeness (QED) is 0.916. The highest BCUT2D eigenvalue weighted by molar-refractivity contribution is 5.94. The molecule has 0 aromatic heterocycles. The zero-order chi connectivity index (χ0) is 13.4. The molecule has 1 N–H and O–H groups in total. The van der Waals surface area contributed by atoms with Crippen LogP contribution in [-0.2, 0) is 4.79 Å². The van der Waals surface area contributed by atoms with Gasteiger partial charge in [-0.25, -0.2) is 0 Å². The van der Waals surface area contributed by atoms with E-state index >= 15 is 0 Å². The van der Waals surface area contributed by atoms with Crippen molar-refractivity contribution >= 4 is 22.4 Å². The fraction of sp³-hybridized carbons (Fsp3) is 0.312. The van der Waals surface area contributed by atoms with Gasteiger partial charge in [0, 0.05) is 24.2 Å². The van der Waals surface area contributed by atoms with Crippen LogP contribution in [0.25, 0.3) is 10.8 Å². The Hall–Kier alpha value is -2.03. The molecule has 0 saturated heterocycles. The van der Waals surface area contributed by atoms with Crippen LogP contribution in [0, 0.1) is 5.92 Å². The molecule has 0 radical (unpaired) electrons. The van der Waals surface area contributed by atoms with Gasteiger partial charge in [0.2, 0.25) is 0 Å². The number of rotatable bonds is 3. The van der Waals surface area contributed by atoms with Crippen molar-refractivity contribution in [2.24, 2.45) is 5.92 Å². The smallest absolute Gasteiger partial charge is 0.306 e. The number of carboxylic acids is 1. The Labute approximate surface area is 112 Å². The van der Waals surface area contributed by atoms with Gasteiger partial charge in [-0.05, 0) is 24.3 Å². The highest BCUT2D eigenvalue weighted by atomic mass is 16.4. The third-order valence-corrected chi connectivity index (χ3v) is 4.16. The fourth-order valence-corrected chi connectivity index (χ4v) is 2.82. The van der Waals surface area contributed by atoms with Gasteiger partial charge < -0.3 is 10.0 Å². The summed E-state index contributed by atoms with van der Waals surface area (Å²) in [5.74, 6) is -0.829. The van der Waals surface area contributed by atoms with Gasteiger partial charge in [0.15, 0.2) is 0 Å². The van der Waals surface area contributed by atoms with Gasteiger partial charge in [-0.3, -0.25) is 4.79 Å². The van der Waals surface area contributed by atoms with E-state index in [4.69, 9.17) is 5.11 Å². The first-order valence-electron chi connectivity index (χ1n) is 6.60. The molecule has 0 unspecified atom stereocenters. The fourth-order valence-electron chi connectivity index (χ4n) is 2.82. The average Bonchev–Trinajstić information content (AvgIpc) is 2.35. The van der Waals surface area contributed by atoms with Gasteiger partial charge in [-0.1, -0.05) is 36.4 Å². The second kappa shape index (κ2) is 4.57. The molecule has 3 heteroatoms. The molecular formula is C16H17NO2. The van der Waals surface area contributed by atoms with Gasteiger partial charge >= 0.3 is 5.97 Å². The molecule has 3 rings (SSSR count). The van der Waals surface area contributed by atoms with Gasteiger partial charge in [0.05, 0.1) is 5.92 Å². The summed E-state index contributed by atoms with van der Waals surface area (Å²) in [6.45, 7) is 0. The first-order chi connectivity index (χ1) is 9.16. The number of carboxylic acid groups (broad SMARTS) is 1. The maximum absolute atomic E-state index is 10.9. The molecule has 0 amide bonds. The molecule has 0 spiro atoms. The minimum Gasteiger partial charge on any atom is -0.481 e. The summed E-state index contributed by atoms with van der Waals surface area (Å²) in [6, 6.07) is 14.9. The second-order valence-electron chi connectivity index (χ2n) is 5.27. The molecule has 0 heterocycles. The van der Waals surface area contributed by atoms with Crippen LogP contribution in [-0.4, -0.2) is 24.2 Å². The molecule has 0 atom stereocenters. The van der Waals surface area contributed by atoms with Crippen LogP contribution >= 0.6 is 0 Å². The van der Waals surface area contributed by atoms with Crippen molar-refractivity contribution in [1.82, 2.24) is 0 Å². The molecule has 3 nitrogen and oxygen atoms in total. The number of fused-ring (bicyclic) bond motifs is 1. The standard InChI is InChI=1S/C16H17NO2/c1-17(13-9-12(10-13)16(18)19)15-8-4-6-11-5-2-3-7-14(11)15/h2-8,12-13H,9-10H2,1H3,(H,18,19). The van der Waals surface area contributed by atoms with E-state index in [0.717, 1.165) is 12.8 Å². The summed E-state index contributed by atoms with van der Waals surface area (Å²) in [7, 11) is 2.06. The topological polar surface area (TPSA) is 40.5 Å². The zero-order valence-corrected chi connectivity index (χ0v) is 10.9. The van der Waals surface area contributed by atoms with E-state index in [0.29, 0.717) is 6.04 Å². The van der Waals surface area contributed by atoms with Crippen molar-refractivity contribution < 1.29 is 9.90 Å². The minimum atomic E-state index is -0.664. The molecule has 1 fully saturated rings. The van der Waals surface area contributed by atoms with Crippen LogP contribution in [0.15, 0.2) is 42.5 Å². The molecule has 1 aliphatic carbocycles. The van der Waals surface area contributed by atoms with Gasteiger partial charge in [0.25, 0.3) is 0 Å². The van der Waals surface area contributed by atoms with E-state index in [1.807, 2.05) is 12.1 Å². The molecule has 1 aliphatic rings. The largest absolute Gasteiger partial charge is 0.481 e. The van der Waals surface area contributed by atoms with E-state index in [2.05, 4.69) is 42.3 Å². The van der Waals surface area contributed by atoms with Crippen LogP contribution in [0.4, 0.5) is 5.69 Å². The molecule has 0 bridgehead atoms. The van der Waals surface area contributed by atoms with Crippen LogP contribution in [0.3, 0.4) is 0 Å². The molecule has 0 aliphatic heterocycles. The molecule has 19 heavy (non-hydrogen) atoms. The highest BCUT2D eigenvalue weighted by Crippen LogP contribution is 2.36. The number of carbonyl (C=O) groups is 1. The summed E-state index contributed by atoms with van der Waals surface area (Å²) < 4.78 is 0. The molecule has 1 saturated carbocycles. The first kappa shape index (κ1) is 12.0. The summed E-state index contributed by atoms with van der Waals surface area (Å²) in [5.41, 5.74) is 1.19. The van der Waals surface area contributed by atoms with Crippen molar-refractivity contribution in [2.45, 2.75) is 18.9 Å².